The summed E-state index contributed by atoms with van der Waals surface area (Å²) in [5.41, 5.74) is 17.5. The molecule has 0 saturated heterocycles. The molecule has 0 aromatic heterocycles. The molecule has 6 aromatic carbocycles. The second-order valence-corrected chi connectivity index (χ2v) is 12.5. The van der Waals surface area contributed by atoms with Crippen molar-refractivity contribution in [2.45, 2.75) is 41.5 Å². The minimum Gasteiger partial charge on any atom is -0.507 e. The molecule has 6 aromatic rings. The van der Waals surface area contributed by atoms with Crippen molar-refractivity contribution in [3.05, 3.63) is 159 Å². The summed E-state index contributed by atoms with van der Waals surface area (Å²) < 4.78 is 0. The maximum Gasteiger partial charge on any atom is 0.125 e. The number of phenolic OH excluding ortho intramolecular Hbond substituents is 2. The van der Waals surface area contributed by atoms with Crippen molar-refractivity contribution >= 4 is 38.4 Å². The van der Waals surface area contributed by atoms with Crippen LogP contribution in [-0.4, -0.2) is 10.2 Å². The van der Waals surface area contributed by atoms with E-state index in [0.29, 0.717) is 5.56 Å². The zero-order valence-electron chi connectivity index (χ0n) is 27.9. The van der Waals surface area contributed by atoms with Crippen molar-refractivity contribution in [3.8, 4) is 22.6 Å². The molecule has 234 valence electrons. The van der Waals surface area contributed by atoms with Gasteiger partial charge in [-0.2, -0.15) is 0 Å². The van der Waals surface area contributed by atoms with Gasteiger partial charge in [0.1, 0.15) is 11.5 Å². The van der Waals surface area contributed by atoms with Crippen molar-refractivity contribution < 1.29 is 10.2 Å². The summed E-state index contributed by atoms with van der Waals surface area (Å²) in [7, 11) is 0. The first-order valence-electron chi connectivity index (χ1n) is 16.0. The normalized spacial score (nSPS) is 13.2. The fraction of sp³-hybridized carbons (Fsp3) is 0.136. The van der Waals surface area contributed by atoms with Crippen LogP contribution >= 0.6 is 0 Å². The Morgan fingerprint density at radius 3 is 1.91 bits per heavy atom. The van der Waals surface area contributed by atoms with E-state index in [9.17, 15) is 10.2 Å². The number of aromatic hydroxyl groups is 2. The SMILES string of the molecule is C/C=C\C=C(/N)c1ccc(/C(C)=C/C(c2ccc(-c3c(C)c(O)c(C)c(O)c3C)cc2)=c2/ccc3cc(C)cc4cccc2c43)cc1. The van der Waals surface area contributed by atoms with Crippen LogP contribution in [-0.2, 0) is 0 Å². The predicted molar refractivity (Wildman–Crippen MR) is 200 cm³/mol. The number of allylic oxidation sites excluding steroid dienone is 5. The molecule has 6 rings (SSSR count). The highest BCUT2D eigenvalue weighted by Gasteiger charge is 2.18. The van der Waals surface area contributed by atoms with E-state index in [2.05, 4.69) is 111 Å². The van der Waals surface area contributed by atoms with Crippen molar-refractivity contribution in [3.63, 3.8) is 0 Å². The lowest BCUT2D eigenvalue weighted by atomic mass is 9.89. The van der Waals surface area contributed by atoms with Gasteiger partial charge in [0, 0.05) is 11.3 Å². The van der Waals surface area contributed by atoms with Gasteiger partial charge in [-0.1, -0.05) is 109 Å². The summed E-state index contributed by atoms with van der Waals surface area (Å²) in [6.07, 6.45) is 8.11. The summed E-state index contributed by atoms with van der Waals surface area (Å²) >= 11 is 0. The Labute approximate surface area is 277 Å². The van der Waals surface area contributed by atoms with Crippen molar-refractivity contribution in [1.82, 2.24) is 0 Å². The highest BCUT2D eigenvalue weighted by Crippen LogP contribution is 2.42. The first kappa shape index (κ1) is 31.4. The maximum atomic E-state index is 10.7. The number of aryl methyl sites for hydroxylation is 1. The summed E-state index contributed by atoms with van der Waals surface area (Å²) in [6.45, 7) is 11.8. The molecule has 4 N–H and O–H groups in total. The molecule has 3 heteroatoms. The molecular weight excluding hydrogens is 574 g/mol. The number of benzene rings is 6. The first-order chi connectivity index (χ1) is 22.6. The molecule has 0 atom stereocenters. The molecule has 0 amide bonds. The molecule has 0 spiro atoms. The lowest BCUT2D eigenvalue weighted by molar-refractivity contribution is 0.438. The Hall–Kier alpha value is -5.54. The summed E-state index contributed by atoms with van der Waals surface area (Å²) in [4.78, 5) is 0. The van der Waals surface area contributed by atoms with E-state index in [1.807, 2.05) is 39.0 Å². The van der Waals surface area contributed by atoms with Gasteiger partial charge in [-0.05, 0) is 130 Å². The van der Waals surface area contributed by atoms with Gasteiger partial charge in [0.05, 0.1) is 0 Å². The van der Waals surface area contributed by atoms with Crippen LogP contribution in [0.2, 0.25) is 0 Å². The Morgan fingerprint density at radius 2 is 1.28 bits per heavy atom. The predicted octanol–water partition coefficient (Wildman–Crippen LogP) is 10.2. The fourth-order valence-electron chi connectivity index (χ4n) is 6.75. The standard InChI is InChI=1S/C44H41NO2/c1-7-8-12-40(45)33-17-13-31(14-18-33)27(3)25-39(37-22-21-36-24-26(2)23-35-10-9-11-38(37)42(35)36)32-15-19-34(20-16-32)41-28(4)43(46)30(6)44(47)29(41)5/h7-25,46-47H,45H2,1-6H3/b8-7-,27-25+,39-37+,40-12-. The van der Waals surface area contributed by atoms with Crippen LogP contribution in [0.5, 0.6) is 11.5 Å². The third-order valence-electron chi connectivity index (χ3n) is 9.32. The molecule has 0 aliphatic heterocycles. The number of nitrogens with two attached hydrogens (primary N) is 1. The smallest absolute Gasteiger partial charge is 0.125 e. The van der Waals surface area contributed by atoms with Crippen LogP contribution < -0.4 is 11.0 Å². The summed E-state index contributed by atoms with van der Waals surface area (Å²) in [5.74, 6) is 0.265. The average Bonchev–Trinajstić information content (AvgIpc) is 3.08. The lowest BCUT2D eigenvalue weighted by Crippen LogP contribution is -2.08. The minimum absolute atomic E-state index is 0.132. The molecule has 0 bridgehead atoms. The van der Waals surface area contributed by atoms with Crippen LogP contribution in [0.1, 0.15) is 52.8 Å². The molecule has 0 aliphatic carbocycles. The van der Waals surface area contributed by atoms with Crippen LogP contribution in [0.15, 0.2) is 115 Å². The van der Waals surface area contributed by atoms with Crippen molar-refractivity contribution in [2.75, 3.05) is 0 Å². The minimum atomic E-state index is 0.132. The summed E-state index contributed by atoms with van der Waals surface area (Å²) in [6, 6.07) is 32.4. The number of hydrogen-bond acceptors (Lipinski definition) is 3. The van der Waals surface area contributed by atoms with E-state index in [1.165, 1.54) is 27.1 Å². The van der Waals surface area contributed by atoms with Gasteiger partial charge >= 0.3 is 0 Å². The van der Waals surface area contributed by atoms with Gasteiger partial charge in [-0.25, -0.2) is 0 Å². The second-order valence-electron chi connectivity index (χ2n) is 12.5. The van der Waals surface area contributed by atoms with Gasteiger partial charge < -0.3 is 15.9 Å². The monoisotopic (exact) mass is 615 g/mol. The van der Waals surface area contributed by atoms with E-state index in [1.54, 1.807) is 6.92 Å². The molecular formula is C44H41NO2. The van der Waals surface area contributed by atoms with Gasteiger partial charge in [0.15, 0.2) is 0 Å². The van der Waals surface area contributed by atoms with E-state index in [4.69, 9.17) is 5.73 Å². The Morgan fingerprint density at radius 1 is 0.681 bits per heavy atom. The average molecular weight is 616 g/mol. The van der Waals surface area contributed by atoms with Crippen molar-refractivity contribution in [1.29, 1.82) is 0 Å². The quantitative estimate of drug-likeness (QED) is 0.163. The van der Waals surface area contributed by atoms with Gasteiger partial charge in [-0.3, -0.25) is 0 Å². The van der Waals surface area contributed by atoms with E-state index in [-0.39, 0.29) is 11.5 Å². The first-order valence-corrected chi connectivity index (χ1v) is 16.0. The molecule has 0 radical (unpaired) electrons. The van der Waals surface area contributed by atoms with Gasteiger partial charge in [0.2, 0.25) is 0 Å². The summed E-state index contributed by atoms with van der Waals surface area (Å²) in [5, 5.41) is 27.6. The largest absolute Gasteiger partial charge is 0.507 e. The third kappa shape index (κ3) is 5.81. The molecule has 0 fully saturated rings. The van der Waals surface area contributed by atoms with Crippen LogP contribution in [0.25, 0.3) is 49.5 Å². The highest BCUT2D eigenvalue weighted by molar-refractivity contribution is 6.11. The topological polar surface area (TPSA) is 66.5 Å². The lowest BCUT2D eigenvalue weighted by Gasteiger charge is -2.17. The number of rotatable bonds is 6. The Balaban J connectivity index is 1.56. The number of hydrogen-bond donors (Lipinski definition) is 3. The van der Waals surface area contributed by atoms with Crippen LogP contribution in [0.4, 0.5) is 0 Å². The zero-order valence-corrected chi connectivity index (χ0v) is 27.9. The van der Waals surface area contributed by atoms with Gasteiger partial charge in [-0.15, -0.1) is 0 Å². The second kappa shape index (κ2) is 12.7. The fourth-order valence-corrected chi connectivity index (χ4v) is 6.75. The van der Waals surface area contributed by atoms with E-state index >= 15 is 0 Å². The molecule has 47 heavy (non-hydrogen) atoms. The Kier molecular flexibility index (Phi) is 8.49. The van der Waals surface area contributed by atoms with Crippen LogP contribution in [0, 0.1) is 27.7 Å². The van der Waals surface area contributed by atoms with Crippen molar-refractivity contribution in [2.24, 2.45) is 5.73 Å². The molecule has 3 nitrogen and oxygen atoms in total. The Bertz CT molecular complexity index is 2250. The zero-order chi connectivity index (χ0) is 33.4. The van der Waals surface area contributed by atoms with E-state index < -0.39 is 0 Å². The third-order valence-corrected chi connectivity index (χ3v) is 9.32. The number of phenols is 2. The maximum absolute atomic E-state index is 10.7. The molecule has 0 unspecified atom stereocenters. The molecule has 0 aliphatic rings. The highest BCUT2D eigenvalue weighted by atomic mass is 16.3. The molecule has 0 heterocycles. The van der Waals surface area contributed by atoms with E-state index in [0.717, 1.165) is 61.0 Å². The molecule has 0 saturated carbocycles. The van der Waals surface area contributed by atoms with Crippen LogP contribution in [0.3, 0.4) is 0 Å². The van der Waals surface area contributed by atoms with Gasteiger partial charge in [0.25, 0.3) is 0 Å².